The summed E-state index contributed by atoms with van der Waals surface area (Å²) in [7, 11) is -4.26. The average Bonchev–Trinajstić information content (AvgIpc) is 3.22. The number of aryl methyl sites for hydroxylation is 3. The van der Waals surface area contributed by atoms with E-state index >= 15 is 0 Å². The molecule has 0 radical (unpaired) electrons. The summed E-state index contributed by atoms with van der Waals surface area (Å²) in [5.41, 5.74) is 0.0445. The topological polar surface area (TPSA) is 170 Å². The van der Waals surface area contributed by atoms with E-state index < -0.39 is 27.6 Å². The number of hydrogen-bond acceptors (Lipinski definition) is 9. The molecule has 1 aromatic carbocycles. The number of carbonyl (C=O) groups excluding carboxylic acids is 1. The minimum absolute atomic E-state index is 0.0164. The van der Waals surface area contributed by atoms with E-state index in [-0.39, 0.29) is 23.7 Å². The molecule has 6 N–H and O–H groups in total. The van der Waals surface area contributed by atoms with E-state index in [1.807, 2.05) is 19.2 Å². The van der Waals surface area contributed by atoms with Crippen LogP contribution in [0.4, 0.5) is 0 Å². The number of aliphatic carboxylic acids is 1. The first-order valence-corrected chi connectivity index (χ1v) is 13.6. The van der Waals surface area contributed by atoms with Crippen LogP contribution >= 0.6 is 0 Å². The normalized spacial score (nSPS) is 20.9. The second kappa shape index (κ2) is 12.0. The van der Waals surface area contributed by atoms with E-state index in [1.165, 1.54) is 0 Å². The van der Waals surface area contributed by atoms with Crippen LogP contribution in [0.2, 0.25) is 0 Å². The number of carboxylic acid groups (broad SMARTS) is 1. The largest absolute Gasteiger partial charge is 0.478 e. The van der Waals surface area contributed by atoms with Gasteiger partial charge in [-0.1, -0.05) is 28.9 Å². The van der Waals surface area contributed by atoms with Gasteiger partial charge in [-0.2, -0.15) is 4.72 Å². The van der Waals surface area contributed by atoms with Crippen molar-refractivity contribution in [3.8, 4) is 0 Å². The first kappa shape index (κ1) is 28.6. The zero-order chi connectivity index (χ0) is 27.2. The number of benzene rings is 1. The number of amides is 1. The van der Waals surface area contributed by atoms with Gasteiger partial charge in [0.05, 0.1) is 17.0 Å². The summed E-state index contributed by atoms with van der Waals surface area (Å²) >= 11 is 0. The van der Waals surface area contributed by atoms with Gasteiger partial charge in [-0.25, -0.2) is 13.2 Å². The lowest BCUT2D eigenvalue weighted by Gasteiger charge is -2.28. The van der Waals surface area contributed by atoms with Crippen LogP contribution in [0.15, 0.2) is 34.5 Å². The quantitative estimate of drug-likeness (QED) is 0.166. The highest BCUT2D eigenvalue weighted by atomic mass is 32.2. The molecule has 3 atom stereocenters. The summed E-state index contributed by atoms with van der Waals surface area (Å²) in [6, 6.07) is 3.40. The van der Waals surface area contributed by atoms with Crippen molar-refractivity contribution in [2.75, 3.05) is 13.1 Å². The van der Waals surface area contributed by atoms with E-state index in [2.05, 4.69) is 31.1 Å². The maximum atomic E-state index is 13.1. The Morgan fingerprint density at radius 1 is 1.24 bits per heavy atom. The third kappa shape index (κ3) is 7.74. The summed E-state index contributed by atoms with van der Waals surface area (Å²) in [5.74, 6) is -2.23. The van der Waals surface area contributed by atoms with Crippen LogP contribution < -0.4 is 26.0 Å². The van der Waals surface area contributed by atoms with Crippen LogP contribution in [0.5, 0.6) is 0 Å². The van der Waals surface area contributed by atoms with Crippen molar-refractivity contribution in [3.63, 3.8) is 0 Å². The van der Waals surface area contributed by atoms with Gasteiger partial charge < -0.3 is 20.6 Å². The van der Waals surface area contributed by atoms with E-state index in [0.29, 0.717) is 23.3 Å². The smallest absolute Gasteiger partial charge is 0.345 e. The number of nitrogens with one attached hydrogen (secondary N) is 5. The van der Waals surface area contributed by atoms with E-state index in [9.17, 15) is 23.1 Å². The van der Waals surface area contributed by atoms with Gasteiger partial charge in [0.2, 0.25) is 21.6 Å². The second-order valence-electron chi connectivity index (χ2n) is 9.58. The molecule has 0 bridgehead atoms. The summed E-state index contributed by atoms with van der Waals surface area (Å²) in [6.45, 7) is 7.76. The lowest BCUT2D eigenvalue weighted by Crippen LogP contribution is -2.63. The molecular weight excluding hydrogens is 500 g/mol. The summed E-state index contributed by atoms with van der Waals surface area (Å²) < 4.78 is 28.4. The van der Waals surface area contributed by atoms with Crippen molar-refractivity contribution >= 4 is 27.6 Å². The lowest BCUT2D eigenvalue weighted by molar-refractivity contribution is -0.147. The zero-order valence-corrected chi connectivity index (χ0v) is 22.4. The third-order valence-electron chi connectivity index (χ3n) is 6.06. The number of oxime groups is 1. The molecule has 12 nitrogen and oxygen atoms in total. The average molecular weight is 537 g/mol. The molecule has 37 heavy (non-hydrogen) atoms. The zero-order valence-electron chi connectivity index (χ0n) is 21.6. The van der Waals surface area contributed by atoms with Gasteiger partial charge in [0.15, 0.2) is 0 Å². The van der Waals surface area contributed by atoms with Crippen LogP contribution in [0.1, 0.15) is 49.3 Å². The number of nitrogens with zero attached hydrogens (tertiary/aromatic N) is 1. The highest BCUT2D eigenvalue weighted by Gasteiger charge is 2.40. The van der Waals surface area contributed by atoms with Crippen molar-refractivity contribution in [1.82, 2.24) is 26.0 Å². The molecule has 2 aliphatic heterocycles. The number of rotatable bonds is 12. The molecule has 0 aromatic heterocycles. The van der Waals surface area contributed by atoms with Crippen molar-refractivity contribution in [2.24, 2.45) is 5.16 Å². The van der Waals surface area contributed by atoms with Crippen LogP contribution in [-0.4, -0.2) is 62.3 Å². The Morgan fingerprint density at radius 3 is 2.57 bits per heavy atom. The molecule has 0 saturated carbocycles. The van der Waals surface area contributed by atoms with Gasteiger partial charge in [0.25, 0.3) is 0 Å². The predicted octanol–water partition coefficient (Wildman–Crippen LogP) is 0.702. The van der Waals surface area contributed by atoms with E-state index in [1.54, 1.807) is 26.0 Å². The molecule has 0 fully saturated rings. The summed E-state index contributed by atoms with van der Waals surface area (Å²) in [5, 5.41) is 25.8. The van der Waals surface area contributed by atoms with E-state index in [0.717, 1.165) is 38.4 Å². The monoisotopic (exact) mass is 536 g/mol. The number of carbonyl (C=O) groups is 2. The maximum absolute atomic E-state index is 13.1. The minimum Gasteiger partial charge on any atom is -0.478 e. The first-order valence-electron chi connectivity index (χ1n) is 12.2. The van der Waals surface area contributed by atoms with Crippen molar-refractivity contribution in [2.45, 2.75) is 76.3 Å². The maximum Gasteiger partial charge on any atom is 0.345 e. The van der Waals surface area contributed by atoms with Crippen LogP contribution in [0.3, 0.4) is 0 Å². The van der Waals surface area contributed by atoms with Gasteiger partial charge in [-0.15, -0.1) is 0 Å². The minimum atomic E-state index is -4.26. The predicted molar refractivity (Wildman–Crippen MR) is 138 cm³/mol. The molecule has 3 rings (SSSR count). The SMILES string of the molecule is Cc1cc(C)c(S(=O)(=O)NC(C)(NC(=O)CC2=NOC(CCCNC3NC=CCN3)C2)C(=O)O)c(C)c1. The molecule has 0 saturated heterocycles. The van der Waals surface area contributed by atoms with Gasteiger partial charge in [-0.05, 0) is 64.4 Å². The highest BCUT2D eigenvalue weighted by Crippen LogP contribution is 2.23. The molecular formula is C24H36N6O6S. The molecule has 204 valence electrons. The molecule has 2 aliphatic rings. The van der Waals surface area contributed by atoms with Crippen molar-refractivity contribution < 1.29 is 28.0 Å². The lowest BCUT2D eigenvalue weighted by atomic mass is 10.1. The van der Waals surface area contributed by atoms with Crippen LogP contribution in [-0.2, 0) is 24.4 Å². The molecule has 3 unspecified atom stereocenters. The first-order chi connectivity index (χ1) is 17.4. The number of hydrogen-bond donors (Lipinski definition) is 6. The third-order valence-corrected chi connectivity index (χ3v) is 7.92. The van der Waals surface area contributed by atoms with E-state index in [4.69, 9.17) is 4.84 Å². The molecule has 2 heterocycles. The van der Waals surface area contributed by atoms with Gasteiger partial charge >= 0.3 is 5.97 Å². The highest BCUT2D eigenvalue weighted by molar-refractivity contribution is 7.89. The second-order valence-corrected chi connectivity index (χ2v) is 11.2. The van der Waals surface area contributed by atoms with Crippen LogP contribution in [0, 0.1) is 20.8 Å². The Hall–Kier alpha value is -3.00. The van der Waals surface area contributed by atoms with Gasteiger partial charge in [-0.3, -0.25) is 15.4 Å². The molecule has 1 amide bonds. The Kier molecular flexibility index (Phi) is 9.29. The standard InChI is InChI=1S/C24H36N6O6S/c1-15-11-16(2)21(17(3)12-15)37(34,35)30-24(4,22(32)33)28-20(31)14-18-13-19(36-29-18)7-5-8-25-23-26-9-6-10-27-23/h6,9,11-12,19,23,25-27,30H,5,7-8,10,13-14H2,1-4H3,(H,28,31)(H,32,33). The number of sulfonamides is 1. The van der Waals surface area contributed by atoms with Gasteiger partial charge in [0, 0.05) is 13.0 Å². The van der Waals surface area contributed by atoms with Crippen molar-refractivity contribution in [3.05, 3.63) is 41.1 Å². The summed E-state index contributed by atoms with van der Waals surface area (Å²) in [4.78, 5) is 30.1. The van der Waals surface area contributed by atoms with Crippen molar-refractivity contribution in [1.29, 1.82) is 0 Å². The fourth-order valence-corrected chi connectivity index (χ4v) is 6.21. The number of carboxylic acids is 1. The Morgan fingerprint density at radius 2 is 1.95 bits per heavy atom. The Bertz CT molecular complexity index is 1160. The molecule has 0 aliphatic carbocycles. The fourth-order valence-electron chi connectivity index (χ4n) is 4.46. The molecule has 0 spiro atoms. The van der Waals surface area contributed by atoms with Crippen LogP contribution in [0.25, 0.3) is 0 Å². The fraction of sp³-hybridized carbons (Fsp3) is 0.542. The summed E-state index contributed by atoms with van der Waals surface area (Å²) in [6.07, 6.45) is 5.52. The molecule has 1 aromatic rings. The van der Waals surface area contributed by atoms with Gasteiger partial charge in [0.1, 0.15) is 12.4 Å². The Balaban J connectivity index is 1.52. The molecule has 13 heteroatoms. The Labute approximate surface area is 217 Å².